The van der Waals surface area contributed by atoms with Crippen LogP contribution in [0.4, 0.5) is 5.69 Å². The summed E-state index contributed by atoms with van der Waals surface area (Å²) in [4.78, 5) is 26.8. The first kappa shape index (κ1) is 23.6. The molecule has 180 valence electrons. The molecule has 0 saturated carbocycles. The number of aromatic nitrogens is 4. The molecular formula is C28H25N5O2S. The molecule has 1 N–H and O–H groups in total. The zero-order valence-electron chi connectivity index (χ0n) is 20.0. The fourth-order valence-corrected chi connectivity index (χ4v) is 5.22. The van der Waals surface area contributed by atoms with Gasteiger partial charge in [0.25, 0.3) is 5.56 Å². The fourth-order valence-electron chi connectivity index (χ4n) is 4.18. The molecule has 0 aliphatic carbocycles. The van der Waals surface area contributed by atoms with Gasteiger partial charge in [0.1, 0.15) is 5.25 Å². The number of benzene rings is 3. The van der Waals surface area contributed by atoms with Crippen molar-refractivity contribution in [1.82, 2.24) is 19.2 Å². The second-order valence-corrected chi connectivity index (χ2v) is 9.63. The van der Waals surface area contributed by atoms with Gasteiger partial charge in [0.2, 0.25) is 11.7 Å². The van der Waals surface area contributed by atoms with Gasteiger partial charge in [-0.15, -0.1) is 16.8 Å². The highest BCUT2D eigenvalue weighted by molar-refractivity contribution is 8.00. The number of carbonyl (C=O) groups is 1. The van der Waals surface area contributed by atoms with Crippen molar-refractivity contribution >= 4 is 40.0 Å². The summed E-state index contributed by atoms with van der Waals surface area (Å²) in [6.45, 7) is 8.04. The van der Waals surface area contributed by atoms with Crippen molar-refractivity contribution < 1.29 is 4.79 Å². The van der Waals surface area contributed by atoms with E-state index in [-0.39, 0.29) is 11.5 Å². The van der Waals surface area contributed by atoms with Crippen LogP contribution >= 0.6 is 11.8 Å². The summed E-state index contributed by atoms with van der Waals surface area (Å²) < 4.78 is 3.38. The minimum absolute atomic E-state index is 0.158. The average molecular weight is 496 g/mol. The Balaban J connectivity index is 1.63. The van der Waals surface area contributed by atoms with Crippen molar-refractivity contribution in [3.8, 4) is 0 Å². The van der Waals surface area contributed by atoms with Gasteiger partial charge in [-0.1, -0.05) is 72.4 Å². The molecule has 1 amide bonds. The Kier molecular flexibility index (Phi) is 6.43. The quantitative estimate of drug-likeness (QED) is 0.244. The molecule has 2 aromatic heterocycles. The van der Waals surface area contributed by atoms with Crippen LogP contribution in [0, 0.1) is 13.8 Å². The topological polar surface area (TPSA) is 81.3 Å². The van der Waals surface area contributed by atoms with Gasteiger partial charge in [0.05, 0.1) is 10.9 Å². The number of carbonyl (C=O) groups excluding carboxylic acids is 1. The Morgan fingerprint density at radius 2 is 1.81 bits per heavy atom. The van der Waals surface area contributed by atoms with Crippen molar-refractivity contribution in [1.29, 1.82) is 0 Å². The van der Waals surface area contributed by atoms with Crippen molar-refractivity contribution in [3.63, 3.8) is 0 Å². The van der Waals surface area contributed by atoms with E-state index in [1.807, 2.05) is 85.0 Å². The fraction of sp³-hybridized carbons (Fsp3) is 0.143. The number of allylic oxidation sites excluding steroid dienone is 1. The molecule has 0 aliphatic heterocycles. The molecule has 36 heavy (non-hydrogen) atoms. The lowest BCUT2D eigenvalue weighted by molar-refractivity contribution is -0.115. The Labute approximate surface area is 212 Å². The maximum absolute atomic E-state index is 13.7. The van der Waals surface area contributed by atoms with Gasteiger partial charge in [0, 0.05) is 12.2 Å². The van der Waals surface area contributed by atoms with Crippen LogP contribution in [0.15, 0.2) is 95.4 Å². The number of thioether (sulfide) groups is 1. The zero-order valence-corrected chi connectivity index (χ0v) is 20.8. The monoisotopic (exact) mass is 495 g/mol. The summed E-state index contributed by atoms with van der Waals surface area (Å²) in [6.07, 6.45) is 1.65. The van der Waals surface area contributed by atoms with Crippen molar-refractivity contribution in [2.24, 2.45) is 0 Å². The van der Waals surface area contributed by atoms with E-state index in [0.717, 1.165) is 22.4 Å². The van der Waals surface area contributed by atoms with Crippen LogP contribution < -0.4 is 10.9 Å². The second kappa shape index (κ2) is 9.83. The van der Waals surface area contributed by atoms with Gasteiger partial charge >= 0.3 is 0 Å². The van der Waals surface area contributed by atoms with Crippen molar-refractivity contribution in [2.75, 3.05) is 5.32 Å². The molecule has 3 aromatic carbocycles. The highest BCUT2D eigenvalue weighted by Crippen LogP contribution is 2.36. The minimum atomic E-state index is -0.600. The molecule has 0 fully saturated rings. The van der Waals surface area contributed by atoms with Crippen LogP contribution in [-0.4, -0.2) is 25.1 Å². The third-order valence-corrected chi connectivity index (χ3v) is 7.20. The smallest absolute Gasteiger partial charge is 0.263 e. The summed E-state index contributed by atoms with van der Waals surface area (Å²) in [7, 11) is 0. The molecule has 0 unspecified atom stereocenters. The van der Waals surface area contributed by atoms with Gasteiger partial charge < -0.3 is 5.32 Å². The minimum Gasteiger partial charge on any atom is -0.325 e. The number of nitrogens with zero attached hydrogens (tertiary/aromatic N) is 4. The van der Waals surface area contributed by atoms with Gasteiger partial charge in [0.15, 0.2) is 5.16 Å². The molecule has 0 radical (unpaired) electrons. The molecule has 0 saturated heterocycles. The number of rotatable bonds is 7. The van der Waals surface area contributed by atoms with Crippen LogP contribution in [0.1, 0.15) is 21.9 Å². The molecule has 1 atom stereocenters. The van der Waals surface area contributed by atoms with Gasteiger partial charge in [-0.2, -0.15) is 0 Å². The number of hydrogen-bond donors (Lipinski definition) is 1. The molecule has 7 nitrogen and oxygen atoms in total. The van der Waals surface area contributed by atoms with Gasteiger partial charge in [-0.05, 0) is 48.7 Å². The molecule has 5 rings (SSSR count). The van der Waals surface area contributed by atoms with E-state index in [1.165, 1.54) is 11.8 Å². The summed E-state index contributed by atoms with van der Waals surface area (Å²) in [5, 5.41) is 12.3. The molecule has 0 bridgehead atoms. The van der Waals surface area contributed by atoms with Crippen LogP contribution in [-0.2, 0) is 11.3 Å². The van der Waals surface area contributed by atoms with Crippen LogP contribution in [0.5, 0.6) is 0 Å². The van der Waals surface area contributed by atoms with E-state index >= 15 is 0 Å². The molecule has 8 heteroatoms. The summed E-state index contributed by atoms with van der Waals surface area (Å²) >= 11 is 1.30. The SMILES string of the molecule is C=CCn1c(=O)c2ccccc2n2c(S[C@H](C(=O)Nc3cc(C)ccc3C)c3ccccc3)nnc12. The Morgan fingerprint density at radius 1 is 1.06 bits per heavy atom. The zero-order chi connectivity index (χ0) is 25.2. The number of fused-ring (bicyclic) bond motifs is 3. The summed E-state index contributed by atoms with van der Waals surface area (Å²) in [5.41, 5.74) is 4.19. The number of nitrogens with one attached hydrogen (secondary N) is 1. The van der Waals surface area contributed by atoms with E-state index < -0.39 is 5.25 Å². The highest BCUT2D eigenvalue weighted by Gasteiger charge is 2.26. The normalized spacial score (nSPS) is 12.1. The number of para-hydroxylation sites is 1. The predicted octanol–water partition coefficient (Wildman–Crippen LogP) is 5.32. The lowest BCUT2D eigenvalue weighted by Crippen LogP contribution is -2.23. The van der Waals surface area contributed by atoms with E-state index in [9.17, 15) is 9.59 Å². The number of aryl methyl sites for hydroxylation is 2. The Bertz CT molecular complexity index is 1660. The van der Waals surface area contributed by atoms with Crippen LogP contribution in [0.3, 0.4) is 0 Å². The van der Waals surface area contributed by atoms with Crippen molar-refractivity contribution in [3.05, 3.63) is 112 Å². The number of anilines is 1. The Morgan fingerprint density at radius 3 is 2.58 bits per heavy atom. The van der Waals surface area contributed by atoms with Gasteiger partial charge in [-0.3, -0.25) is 18.6 Å². The largest absolute Gasteiger partial charge is 0.325 e. The summed E-state index contributed by atoms with van der Waals surface area (Å²) in [5.74, 6) is 0.239. The molecule has 0 spiro atoms. The van der Waals surface area contributed by atoms with E-state index in [2.05, 4.69) is 22.1 Å². The first-order chi connectivity index (χ1) is 17.5. The van der Waals surface area contributed by atoms with E-state index in [4.69, 9.17) is 0 Å². The number of hydrogen-bond acceptors (Lipinski definition) is 5. The third kappa shape index (κ3) is 4.31. The van der Waals surface area contributed by atoms with Crippen LogP contribution in [0.2, 0.25) is 0 Å². The number of amides is 1. The van der Waals surface area contributed by atoms with Crippen molar-refractivity contribution in [2.45, 2.75) is 30.8 Å². The first-order valence-corrected chi connectivity index (χ1v) is 12.4. The molecule has 2 heterocycles. The average Bonchev–Trinajstić information content (AvgIpc) is 3.31. The molecule has 5 aromatic rings. The molecular weight excluding hydrogens is 470 g/mol. The third-order valence-electron chi connectivity index (χ3n) is 6.00. The maximum atomic E-state index is 13.7. The lowest BCUT2D eigenvalue weighted by atomic mass is 10.1. The van der Waals surface area contributed by atoms with E-state index in [1.54, 1.807) is 16.7 Å². The van der Waals surface area contributed by atoms with E-state index in [0.29, 0.717) is 28.4 Å². The standard InChI is InChI=1S/C28H25N5O2S/c1-4-16-32-26(35)21-12-8-9-13-23(21)33-27(32)30-31-28(33)36-24(20-10-6-5-7-11-20)25(34)29-22-17-18(2)14-15-19(22)3/h4-15,17,24H,1,16H2,2-3H3,(H,29,34)/t24-/m0/s1. The summed E-state index contributed by atoms with van der Waals surface area (Å²) in [6, 6.07) is 22.9. The highest BCUT2D eigenvalue weighted by atomic mass is 32.2. The second-order valence-electron chi connectivity index (χ2n) is 8.56. The van der Waals surface area contributed by atoms with Gasteiger partial charge in [-0.25, -0.2) is 0 Å². The van der Waals surface area contributed by atoms with Crippen LogP contribution in [0.25, 0.3) is 16.7 Å². The molecule has 0 aliphatic rings. The maximum Gasteiger partial charge on any atom is 0.263 e. The lowest BCUT2D eigenvalue weighted by Gasteiger charge is -2.18. The predicted molar refractivity (Wildman–Crippen MR) is 145 cm³/mol. The Hall–Kier alpha value is -4.17. The first-order valence-electron chi connectivity index (χ1n) is 11.5.